The van der Waals surface area contributed by atoms with Crippen LogP contribution in [0.4, 0.5) is 4.39 Å². The fourth-order valence-corrected chi connectivity index (χ4v) is 1.13. The molecule has 0 saturated carbocycles. The second-order valence-electron chi connectivity index (χ2n) is 2.74. The third-order valence-electron chi connectivity index (χ3n) is 1.64. The van der Waals surface area contributed by atoms with Crippen molar-refractivity contribution >= 4 is 17.5 Å². The van der Waals surface area contributed by atoms with E-state index in [4.69, 9.17) is 16.3 Å². The van der Waals surface area contributed by atoms with Gasteiger partial charge in [0.05, 0.1) is 18.4 Å². The molecule has 0 saturated heterocycles. The number of nitrogens with one attached hydrogen (secondary N) is 1. The molecule has 1 heterocycles. The highest BCUT2D eigenvalue weighted by atomic mass is 35.5. The van der Waals surface area contributed by atoms with E-state index in [0.717, 1.165) is 12.3 Å². The van der Waals surface area contributed by atoms with Gasteiger partial charge >= 0.3 is 0 Å². The summed E-state index contributed by atoms with van der Waals surface area (Å²) in [6, 6.07) is 1.04. The van der Waals surface area contributed by atoms with Gasteiger partial charge in [-0.25, -0.2) is 9.37 Å². The van der Waals surface area contributed by atoms with E-state index in [1.54, 1.807) is 0 Å². The number of carbonyl (C=O) groups excluding carboxylic acids is 1. The molecule has 0 radical (unpaired) electrons. The van der Waals surface area contributed by atoms with Crippen LogP contribution in [0.25, 0.3) is 0 Å². The Bertz CT molecular complexity index is 360. The van der Waals surface area contributed by atoms with Crippen LogP contribution in [0.3, 0.4) is 0 Å². The first-order valence-corrected chi connectivity index (χ1v) is 4.61. The lowest BCUT2D eigenvalue weighted by molar-refractivity contribution is 0.0936. The summed E-state index contributed by atoms with van der Waals surface area (Å²) in [5.41, 5.74) is 0.0211. The van der Waals surface area contributed by atoms with Crippen molar-refractivity contribution < 1.29 is 13.9 Å². The van der Waals surface area contributed by atoms with Crippen LogP contribution in [-0.2, 0) is 4.74 Å². The van der Waals surface area contributed by atoms with Gasteiger partial charge in [-0.1, -0.05) is 11.6 Å². The average Bonchev–Trinajstić information content (AvgIpc) is 2.22. The summed E-state index contributed by atoms with van der Waals surface area (Å²) in [4.78, 5) is 15.0. The van der Waals surface area contributed by atoms with E-state index in [1.807, 2.05) is 0 Å². The van der Waals surface area contributed by atoms with Crippen LogP contribution < -0.4 is 5.32 Å². The van der Waals surface area contributed by atoms with Gasteiger partial charge in [0.2, 0.25) is 0 Å². The topological polar surface area (TPSA) is 51.2 Å². The van der Waals surface area contributed by atoms with Crippen LogP contribution >= 0.6 is 11.6 Å². The average molecular weight is 233 g/mol. The van der Waals surface area contributed by atoms with Crippen molar-refractivity contribution in [1.82, 2.24) is 10.3 Å². The molecule has 0 aromatic carbocycles. The van der Waals surface area contributed by atoms with Crippen molar-refractivity contribution in [2.75, 3.05) is 20.3 Å². The molecule has 0 unspecified atom stereocenters. The summed E-state index contributed by atoms with van der Waals surface area (Å²) in [6.07, 6.45) is 0.953. The van der Waals surface area contributed by atoms with Crippen LogP contribution in [-0.4, -0.2) is 31.2 Å². The number of aromatic nitrogens is 1. The highest BCUT2D eigenvalue weighted by Crippen LogP contribution is 2.13. The van der Waals surface area contributed by atoms with Gasteiger partial charge in [-0.05, 0) is 6.07 Å². The van der Waals surface area contributed by atoms with Gasteiger partial charge < -0.3 is 10.1 Å². The summed E-state index contributed by atoms with van der Waals surface area (Å²) in [6.45, 7) is 0.717. The van der Waals surface area contributed by atoms with Gasteiger partial charge in [-0.15, -0.1) is 0 Å². The minimum absolute atomic E-state index is 0.0211. The Morgan fingerprint density at radius 2 is 2.47 bits per heavy atom. The van der Waals surface area contributed by atoms with Gasteiger partial charge in [-0.3, -0.25) is 4.79 Å². The maximum absolute atomic E-state index is 12.8. The molecule has 1 aromatic rings. The van der Waals surface area contributed by atoms with Gasteiger partial charge in [0.15, 0.2) is 0 Å². The number of nitrogens with zero attached hydrogens (tertiary/aromatic N) is 1. The van der Waals surface area contributed by atoms with Gasteiger partial charge in [0.25, 0.3) is 5.91 Å². The minimum atomic E-state index is -0.601. The number of hydrogen-bond acceptors (Lipinski definition) is 3. The van der Waals surface area contributed by atoms with Crippen molar-refractivity contribution in [2.45, 2.75) is 0 Å². The summed E-state index contributed by atoms with van der Waals surface area (Å²) in [7, 11) is 1.52. The van der Waals surface area contributed by atoms with Gasteiger partial charge in [-0.2, -0.15) is 0 Å². The first-order chi connectivity index (χ1) is 7.15. The molecule has 1 N–H and O–H groups in total. The quantitative estimate of drug-likeness (QED) is 0.628. The lowest BCUT2D eigenvalue weighted by Crippen LogP contribution is -2.27. The van der Waals surface area contributed by atoms with Crippen molar-refractivity contribution in [3.63, 3.8) is 0 Å². The molecule has 82 valence electrons. The van der Waals surface area contributed by atoms with Crippen LogP contribution in [0.15, 0.2) is 12.3 Å². The van der Waals surface area contributed by atoms with E-state index in [1.165, 1.54) is 7.11 Å². The van der Waals surface area contributed by atoms with Crippen LogP contribution in [0, 0.1) is 5.82 Å². The number of hydrogen-bond donors (Lipinski definition) is 1. The Hall–Kier alpha value is -1.20. The van der Waals surface area contributed by atoms with Crippen molar-refractivity contribution in [1.29, 1.82) is 0 Å². The highest BCUT2D eigenvalue weighted by Gasteiger charge is 2.11. The van der Waals surface area contributed by atoms with E-state index < -0.39 is 11.7 Å². The fourth-order valence-electron chi connectivity index (χ4n) is 0.944. The van der Waals surface area contributed by atoms with Crippen molar-refractivity contribution in [3.8, 4) is 0 Å². The first kappa shape index (κ1) is 11.9. The molecule has 0 bridgehead atoms. The molecule has 0 fully saturated rings. The van der Waals surface area contributed by atoms with Crippen molar-refractivity contribution in [3.05, 3.63) is 28.8 Å². The Morgan fingerprint density at radius 3 is 3.13 bits per heavy atom. The lowest BCUT2D eigenvalue weighted by Gasteiger charge is -2.05. The molecule has 1 amide bonds. The monoisotopic (exact) mass is 232 g/mol. The number of amides is 1. The maximum Gasteiger partial charge on any atom is 0.254 e. The second kappa shape index (κ2) is 5.63. The number of methoxy groups -OCH3 is 1. The van der Waals surface area contributed by atoms with E-state index in [-0.39, 0.29) is 10.7 Å². The molecule has 0 aliphatic rings. The Labute approximate surface area is 91.4 Å². The molecule has 1 rings (SSSR count). The molecular weight excluding hydrogens is 223 g/mol. The summed E-state index contributed by atoms with van der Waals surface area (Å²) in [5.74, 6) is -1.07. The summed E-state index contributed by atoms with van der Waals surface area (Å²) >= 11 is 5.63. The molecule has 4 nitrogen and oxygen atoms in total. The lowest BCUT2D eigenvalue weighted by atomic mass is 10.2. The zero-order valence-corrected chi connectivity index (χ0v) is 8.84. The minimum Gasteiger partial charge on any atom is -0.383 e. The standard InChI is InChI=1S/C9H10ClFN2O2/c1-15-3-2-12-9(14)7-4-6(11)5-13-8(7)10/h4-5H,2-3H2,1H3,(H,12,14). The first-order valence-electron chi connectivity index (χ1n) is 4.23. The third kappa shape index (κ3) is 3.45. The fraction of sp³-hybridized carbons (Fsp3) is 0.333. The van der Waals surface area contributed by atoms with E-state index in [9.17, 15) is 9.18 Å². The van der Waals surface area contributed by atoms with Crippen LogP contribution in [0.1, 0.15) is 10.4 Å². The normalized spacial score (nSPS) is 10.1. The third-order valence-corrected chi connectivity index (χ3v) is 1.94. The molecule has 6 heteroatoms. The van der Waals surface area contributed by atoms with Crippen LogP contribution in [0.2, 0.25) is 5.15 Å². The van der Waals surface area contributed by atoms with Gasteiger partial charge in [0.1, 0.15) is 11.0 Å². The second-order valence-corrected chi connectivity index (χ2v) is 3.10. The Kier molecular flexibility index (Phi) is 4.45. The number of carbonyl (C=O) groups is 1. The molecule has 1 aromatic heterocycles. The predicted molar refractivity (Wildman–Crippen MR) is 53.4 cm³/mol. The number of rotatable bonds is 4. The predicted octanol–water partition coefficient (Wildman–Crippen LogP) is 1.25. The van der Waals surface area contributed by atoms with Crippen LogP contribution in [0.5, 0.6) is 0 Å². The molecular formula is C9H10ClFN2O2. The largest absolute Gasteiger partial charge is 0.383 e. The highest BCUT2D eigenvalue weighted by molar-refractivity contribution is 6.32. The van der Waals surface area contributed by atoms with Gasteiger partial charge in [0, 0.05) is 13.7 Å². The SMILES string of the molecule is COCCNC(=O)c1cc(F)cnc1Cl. The zero-order chi connectivity index (χ0) is 11.3. The zero-order valence-electron chi connectivity index (χ0n) is 8.09. The summed E-state index contributed by atoms with van der Waals surface area (Å²) < 4.78 is 17.5. The molecule has 15 heavy (non-hydrogen) atoms. The number of halogens is 2. The number of pyridine rings is 1. The Balaban J connectivity index is 2.68. The maximum atomic E-state index is 12.8. The van der Waals surface area contributed by atoms with E-state index >= 15 is 0 Å². The molecule has 0 aliphatic carbocycles. The summed E-state index contributed by atoms with van der Waals surface area (Å²) in [5, 5.41) is 2.49. The molecule has 0 aliphatic heterocycles. The van der Waals surface area contributed by atoms with E-state index in [2.05, 4.69) is 10.3 Å². The van der Waals surface area contributed by atoms with Crippen molar-refractivity contribution in [2.24, 2.45) is 0 Å². The smallest absolute Gasteiger partial charge is 0.254 e. The Morgan fingerprint density at radius 1 is 1.73 bits per heavy atom. The number of ether oxygens (including phenoxy) is 1. The molecule has 0 spiro atoms. The molecule has 0 atom stereocenters. The van der Waals surface area contributed by atoms with E-state index in [0.29, 0.717) is 13.2 Å².